The fourth-order valence-corrected chi connectivity index (χ4v) is 1.34. The first-order chi connectivity index (χ1) is 5.84. The molecule has 4 heteroatoms. The number of aromatic nitrogens is 2. The monoisotopic (exact) mass is 181 g/mol. The zero-order chi connectivity index (χ0) is 10.2. The minimum Gasteiger partial charge on any atom is -0.363 e. The molecule has 1 rings (SSSR count). The lowest BCUT2D eigenvalue weighted by Crippen LogP contribution is -2.21. The summed E-state index contributed by atoms with van der Waals surface area (Å²) in [6, 6.07) is 0. The topological polar surface area (TPSA) is 60.9 Å². The Morgan fingerprint density at radius 2 is 2.08 bits per heavy atom. The van der Waals surface area contributed by atoms with E-state index in [4.69, 9.17) is 5.73 Å². The van der Waals surface area contributed by atoms with Crippen LogP contribution in [0.4, 0.5) is 0 Å². The third kappa shape index (κ3) is 1.71. The quantitative estimate of drug-likeness (QED) is 0.697. The van der Waals surface area contributed by atoms with Crippen LogP contribution in [0, 0.1) is 0 Å². The molecule has 1 aromatic rings. The Labute approximate surface area is 77.8 Å². The molecular formula is C9H15N3O. The van der Waals surface area contributed by atoms with Crippen LogP contribution >= 0.6 is 0 Å². The summed E-state index contributed by atoms with van der Waals surface area (Å²) in [5, 5.41) is 0. The van der Waals surface area contributed by atoms with Gasteiger partial charge in [-0.3, -0.25) is 4.79 Å². The summed E-state index contributed by atoms with van der Waals surface area (Å²) in [7, 11) is 1.80. The molecule has 4 nitrogen and oxygen atoms in total. The highest BCUT2D eigenvalue weighted by Gasteiger charge is 2.21. The molecule has 0 unspecified atom stereocenters. The fraction of sp³-hybridized carbons (Fsp3) is 0.556. The Bertz CT molecular complexity index is 333. The third-order valence-electron chi connectivity index (χ3n) is 1.98. The lowest BCUT2D eigenvalue weighted by molar-refractivity contribution is 0.0987. The molecule has 72 valence electrons. The van der Waals surface area contributed by atoms with Gasteiger partial charge in [-0.15, -0.1) is 0 Å². The molecular weight excluding hydrogens is 166 g/mol. The number of imidazole rings is 1. The van der Waals surface area contributed by atoms with Crippen molar-refractivity contribution in [1.29, 1.82) is 0 Å². The summed E-state index contributed by atoms with van der Waals surface area (Å²) in [5.41, 5.74) is 6.13. The summed E-state index contributed by atoms with van der Waals surface area (Å²) >= 11 is 0. The van der Waals surface area contributed by atoms with Crippen molar-refractivity contribution < 1.29 is 4.79 Å². The van der Waals surface area contributed by atoms with Crippen LogP contribution in [0.25, 0.3) is 0 Å². The van der Waals surface area contributed by atoms with Gasteiger partial charge in [-0.2, -0.15) is 0 Å². The van der Waals surface area contributed by atoms with Gasteiger partial charge in [0.1, 0.15) is 0 Å². The van der Waals surface area contributed by atoms with Crippen LogP contribution in [0.5, 0.6) is 0 Å². The minimum absolute atomic E-state index is 0.0184. The van der Waals surface area contributed by atoms with Gasteiger partial charge in [-0.25, -0.2) is 4.98 Å². The van der Waals surface area contributed by atoms with Gasteiger partial charge in [0.2, 0.25) is 0 Å². The molecule has 2 N–H and O–H groups in total. The molecule has 0 atom stereocenters. The molecule has 0 saturated heterocycles. The van der Waals surface area contributed by atoms with E-state index in [1.807, 2.05) is 0 Å². The normalized spacial score (nSPS) is 11.7. The van der Waals surface area contributed by atoms with Gasteiger partial charge < -0.3 is 10.3 Å². The van der Waals surface area contributed by atoms with Gasteiger partial charge in [0.15, 0.2) is 5.82 Å². The first-order valence-corrected chi connectivity index (χ1v) is 4.16. The molecule has 0 radical (unpaired) electrons. The molecule has 0 bridgehead atoms. The summed E-state index contributed by atoms with van der Waals surface area (Å²) in [5.74, 6) is -0.178. The number of carbonyl (C=O) groups excluding carboxylic acids is 1. The summed E-state index contributed by atoms with van der Waals surface area (Å²) in [4.78, 5) is 14.9. The zero-order valence-corrected chi connectivity index (χ0v) is 8.46. The molecule has 1 amide bonds. The zero-order valence-electron chi connectivity index (χ0n) is 8.46. The van der Waals surface area contributed by atoms with Gasteiger partial charge in [0.25, 0.3) is 5.91 Å². The molecule has 0 fully saturated rings. The van der Waals surface area contributed by atoms with Gasteiger partial charge >= 0.3 is 0 Å². The van der Waals surface area contributed by atoms with E-state index in [0.29, 0.717) is 5.82 Å². The highest BCUT2D eigenvalue weighted by Crippen LogP contribution is 2.21. The Balaban J connectivity index is 3.22. The molecule has 0 aliphatic carbocycles. The van der Waals surface area contributed by atoms with E-state index in [2.05, 4.69) is 25.8 Å². The van der Waals surface area contributed by atoms with Crippen LogP contribution in [0.3, 0.4) is 0 Å². The Kier molecular flexibility index (Phi) is 2.15. The van der Waals surface area contributed by atoms with Crippen LogP contribution in [-0.4, -0.2) is 15.5 Å². The molecule has 0 aliphatic rings. The molecule has 1 heterocycles. The summed E-state index contributed by atoms with van der Waals surface area (Å²) in [6.45, 7) is 6.19. The smallest absolute Gasteiger partial charge is 0.284 e. The molecule has 13 heavy (non-hydrogen) atoms. The molecule has 0 spiro atoms. The second-order valence-corrected chi connectivity index (χ2v) is 4.14. The van der Waals surface area contributed by atoms with Crippen molar-refractivity contribution in [2.75, 3.05) is 0 Å². The van der Waals surface area contributed by atoms with E-state index in [9.17, 15) is 4.79 Å². The van der Waals surface area contributed by atoms with Gasteiger partial charge in [-0.05, 0) is 0 Å². The lowest BCUT2D eigenvalue weighted by atomic mass is 9.93. The molecule has 0 saturated carbocycles. The van der Waals surface area contributed by atoms with E-state index >= 15 is 0 Å². The SMILES string of the molecule is Cn1c(C(C)(C)C)cnc1C(N)=O. The van der Waals surface area contributed by atoms with Crippen LogP contribution < -0.4 is 5.73 Å². The van der Waals surface area contributed by atoms with Crippen molar-refractivity contribution in [2.24, 2.45) is 12.8 Å². The first-order valence-electron chi connectivity index (χ1n) is 4.16. The average molecular weight is 181 g/mol. The van der Waals surface area contributed by atoms with Crippen LogP contribution in [-0.2, 0) is 12.5 Å². The molecule has 0 aliphatic heterocycles. The summed E-state index contributed by atoms with van der Waals surface area (Å²) < 4.78 is 1.74. The van der Waals surface area contributed by atoms with E-state index in [0.717, 1.165) is 5.69 Å². The number of primary amides is 1. The third-order valence-corrected chi connectivity index (χ3v) is 1.98. The second-order valence-electron chi connectivity index (χ2n) is 4.14. The Morgan fingerprint density at radius 1 is 1.54 bits per heavy atom. The molecule has 0 aromatic carbocycles. The highest BCUT2D eigenvalue weighted by molar-refractivity contribution is 5.89. The maximum Gasteiger partial charge on any atom is 0.284 e. The number of rotatable bonds is 1. The highest BCUT2D eigenvalue weighted by atomic mass is 16.1. The maximum absolute atomic E-state index is 10.9. The van der Waals surface area contributed by atoms with Crippen molar-refractivity contribution in [3.8, 4) is 0 Å². The van der Waals surface area contributed by atoms with Crippen molar-refractivity contribution >= 4 is 5.91 Å². The average Bonchev–Trinajstić information content (AvgIpc) is 2.28. The van der Waals surface area contributed by atoms with Crippen LogP contribution in [0.15, 0.2) is 6.20 Å². The largest absolute Gasteiger partial charge is 0.363 e. The fourth-order valence-electron chi connectivity index (χ4n) is 1.34. The number of nitrogens with zero attached hydrogens (tertiary/aromatic N) is 2. The van der Waals surface area contributed by atoms with E-state index in [1.165, 1.54) is 0 Å². The van der Waals surface area contributed by atoms with E-state index < -0.39 is 5.91 Å². The van der Waals surface area contributed by atoms with Crippen LogP contribution in [0.1, 0.15) is 37.1 Å². The van der Waals surface area contributed by atoms with Crippen molar-refractivity contribution in [3.05, 3.63) is 17.7 Å². The standard InChI is InChI=1S/C9H15N3O/c1-9(2,3)6-5-11-8(7(10)13)12(6)4/h5H,1-4H3,(H2,10,13). The van der Waals surface area contributed by atoms with E-state index in [1.54, 1.807) is 17.8 Å². The number of nitrogens with two attached hydrogens (primary N) is 1. The van der Waals surface area contributed by atoms with Crippen LogP contribution in [0.2, 0.25) is 0 Å². The molecule has 1 aromatic heterocycles. The number of amides is 1. The number of carbonyl (C=O) groups is 1. The Hall–Kier alpha value is -1.32. The van der Waals surface area contributed by atoms with E-state index in [-0.39, 0.29) is 5.41 Å². The van der Waals surface area contributed by atoms with Gasteiger partial charge in [0.05, 0.1) is 0 Å². The van der Waals surface area contributed by atoms with Crippen molar-refractivity contribution in [3.63, 3.8) is 0 Å². The summed E-state index contributed by atoms with van der Waals surface area (Å²) in [6.07, 6.45) is 1.69. The second kappa shape index (κ2) is 2.87. The predicted molar refractivity (Wildman–Crippen MR) is 50.4 cm³/mol. The minimum atomic E-state index is -0.488. The Morgan fingerprint density at radius 3 is 2.31 bits per heavy atom. The van der Waals surface area contributed by atoms with Gasteiger partial charge in [-0.1, -0.05) is 20.8 Å². The van der Waals surface area contributed by atoms with Crippen molar-refractivity contribution in [2.45, 2.75) is 26.2 Å². The number of hydrogen-bond donors (Lipinski definition) is 1. The lowest BCUT2D eigenvalue weighted by Gasteiger charge is -2.18. The first kappa shape index (κ1) is 9.77. The van der Waals surface area contributed by atoms with Gasteiger partial charge in [0, 0.05) is 24.4 Å². The predicted octanol–water partition coefficient (Wildman–Crippen LogP) is 0.817. The number of hydrogen-bond acceptors (Lipinski definition) is 2. The maximum atomic E-state index is 10.9. The van der Waals surface area contributed by atoms with Crippen molar-refractivity contribution in [1.82, 2.24) is 9.55 Å².